The van der Waals surface area contributed by atoms with Gasteiger partial charge in [-0.25, -0.2) is 0 Å². The van der Waals surface area contributed by atoms with Crippen LogP contribution in [-0.4, -0.2) is 6.61 Å². The molecule has 1 aliphatic rings. The van der Waals surface area contributed by atoms with E-state index in [1.165, 1.54) is 5.56 Å². The third-order valence-corrected chi connectivity index (χ3v) is 4.49. The molecule has 2 nitrogen and oxygen atoms in total. The molecule has 0 saturated carbocycles. The first-order chi connectivity index (χ1) is 9.54. The van der Waals surface area contributed by atoms with Gasteiger partial charge in [0, 0.05) is 26.0 Å². The van der Waals surface area contributed by atoms with Gasteiger partial charge < -0.3 is 10.5 Å². The Kier molecular flexibility index (Phi) is 4.09. The molecule has 2 aromatic rings. The highest BCUT2D eigenvalue weighted by atomic mass is 79.9. The van der Waals surface area contributed by atoms with Crippen LogP contribution in [0.5, 0.6) is 5.75 Å². The summed E-state index contributed by atoms with van der Waals surface area (Å²) in [6.45, 7) is 0.713. The molecule has 1 aliphatic heterocycles. The molecule has 1 atom stereocenters. The van der Waals surface area contributed by atoms with Crippen molar-refractivity contribution in [3.63, 3.8) is 0 Å². The van der Waals surface area contributed by atoms with Crippen LogP contribution in [0.25, 0.3) is 0 Å². The summed E-state index contributed by atoms with van der Waals surface area (Å²) >= 11 is 13.1. The second-order valence-corrected chi connectivity index (χ2v) is 7.03. The van der Waals surface area contributed by atoms with Gasteiger partial charge in [-0.2, -0.15) is 0 Å². The summed E-state index contributed by atoms with van der Waals surface area (Å²) < 4.78 is 7.68. The molecule has 0 saturated heterocycles. The van der Waals surface area contributed by atoms with E-state index in [2.05, 4.69) is 37.9 Å². The lowest BCUT2D eigenvalue weighted by atomic mass is 9.96. The van der Waals surface area contributed by atoms with Gasteiger partial charge in [-0.3, -0.25) is 0 Å². The van der Waals surface area contributed by atoms with Crippen LogP contribution in [0, 0.1) is 0 Å². The van der Waals surface area contributed by atoms with Crippen molar-refractivity contribution in [2.45, 2.75) is 12.5 Å². The topological polar surface area (TPSA) is 35.2 Å². The van der Waals surface area contributed by atoms with E-state index in [9.17, 15) is 0 Å². The molecule has 0 fully saturated rings. The number of hydrogen-bond donors (Lipinski definition) is 1. The van der Waals surface area contributed by atoms with Gasteiger partial charge in [-0.05, 0) is 41.5 Å². The Morgan fingerprint density at radius 2 is 1.85 bits per heavy atom. The quantitative estimate of drug-likeness (QED) is 0.758. The van der Waals surface area contributed by atoms with Gasteiger partial charge in [-0.15, -0.1) is 0 Å². The molecule has 0 spiro atoms. The molecule has 0 aromatic heterocycles. The van der Waals surface area contributed by atoms with Crippen LogP contribution in [0.2, 0.25) is 5.02 Å². The lowest BCUT2D eigenvalue weighted by Crippen LogP contribution is -2.13. The van der Waals surface area contributed by atoms with Crippen LogP contribution >= 0.6 is 43.5 Å². The molecule has 20 heavy (non-hydrogen) atoms. The Morgan fingerprint density at radius 1 is 1.10 bits per heavy atom. The summed E-state index contributed by atoms with van der Waals surface area (Å²) in [4.78, 5) is 0. The average Bonchev–Trinajstić information content (AvgIpc) is 2.83. The van der Waals surface area contributed by atoms with Crippen molar-refractivity contribution in [3.05, 3.63) is 61.0 Å². The zero-order valence-electron chi connectivity index (χ0n) is 10.5. The fraction of sp³-hybridized carbons (Fsp3) is 0.200. The number of fused-ring (bicyclic) bond motifs is 1. The molecule has 3 rings (SSSR count). The minimum atomic E-state index is -0.269. The highest BCUT2D eigenvalue weighted by molar-refractivity contribution is 9.10. The second kappa shape index (κ2) is 5.68. The van der Waals surface area contributed by atoms with Crippen LogP contribution in [0.4, 0.5) is 0 Å². The minimum absolute atomic E-state index is 0.269. The summed E-state index contributed by atoms with van der Waals surface area (Å²) in [5.74, 6) is 0.914. The van der Waals surface area contributed by atoms with Gasteiger partial charge in [0.15, 0.2) is 0 Å². The highest BCUT2D eigenvalue weighted by Crippen LogP contribution is 2.38. The fourth-order valence-corrected chi connectivity index (χ4v) is 3.87. The van der Waals surface area contributed by atoms with E-state index in [0.717, 1.165) is 32.2 Å². The van der Waals surface area contributed by atoms with Crippen molar-refractivity contribution in [2.24, 2.45) is 5.73 Å². The van der Waals surface area contributed by atoms with Crippen molar-refractivity contribution in [1.29, 1.82) is 0 Å². The normalized spacial score (nSPS) is 14.8. The molecule has 2 aromatic carbocycles. The zero-order valence-corrected chi connectivity index (χ0v) is 14.4. The van der Waals surface area contributed by atoms with Crippen LogP contribution in [-0.2, 0) is 6.42 Å². The van der Waals surface area contributed by atoms with E-state index in [1.54, 1.807) is 0 Å². The molecule has 1 heterocycles. The van der Waals surface area contributed by atoms with Crippen LogP contribution in [0.3, 0.4) is 0 Å². The number of nitrogens with two attached hydrogens (primary N) is 1. The molecular formula is C15H12Br2ClNO. The summed E-state index contributed by atoms with van der Waals surface area (Å²) in [5, 5.41) is 0.664. The number of benzene rings is 2. The molecule has 0 aliphatic carbocycles. The van der Waals surface area contributed by atoms with Gasteiger partial charge >= 0.3 is 0 Å². The molecular weight excluding hydrogens is 405 g/mol. The van der Waals surface area contributed by atoms with Crippen LogP contribution in [0.15, 0.2) is 39.3 Å². The van der Waals surface area contributed by atoms with Gasteiger partial charge in [0.25, 0.3) is 0 Å². The van der Waals surface area contributed by atoms with Crippen molar-refractivity contribution < 1.29 is 4.74 Å². The third-order valence-electron chi connectivity index (χ3n) is 3.36. The second-order valence-electron chi connectivity index (χ2n) is 4.76. The van der Waals surface area contributed by atoms with Gasteiger partial charge in [-0.1, -0.05) is 43.5 Å². The van der Waals surface area contributed by atoms with Gasteiger partial charge in [0.2, 0.25) is 0 Å². The summed E-state index contributed by atoms with van der Waals surface area (Å²) in [6.07, 6.45) is 0.924. The number of hydrogen-bond acceptors (Lipinski definition) is 2. The first kappa shape index (κ1) is 14.4. The van der Waals surface area contributed by atoms with E-state index in [0.29, 0.717) is 11.6 Å². The Bertz CT molecular complexity index is 655. The number of ether oxygens (including phenoxy) is 1. The first-order valence-corrected chi connectivity index (χ1v) is 8.17. The molecule has 0 radical (unpaired) electrons. The Labute approximate surface area is 139 Å². The third kappa shape index (κ3) is 2.75. The zero-order chi connectivity index (χ0) is 14.3. The smallest absolute Gasteiger partial charge is 0.127 e. The maximum Gasteiger partial charge on any atom is 0.127 e. The number of halogens is 3. The summed E-state index contributed by atoms with van der Waals surface area (Å²) in [5.41, 5.74) is 9.56. The molecule has 5 heteroatoms. The summed E-state index contributed by atoms with van der Waals surface area (Å²) in [6, 6.07) is 9.56. The molecule has 2 N–H and O–H groups in total. The average molecular weight is 418 g/mol. The van der Waals surface area contributed by atoms with Crippen molar-refractivity contribution >= 4 is 43.5 Å². The van der Waals surface area contributed by atoms with E-state index < -0.39 is 0 Å². The van der Waals surface area contributed by atoms with Crippen molar-refractivity contribution in [2.75, 3.05) is 6.61 Å². The van der Waals surface area contributed by atoms with Crippen molar-refractivity contribution in [1.82, 2.24) is 0 Å². The maximum absolute atomic E-state index is 6.42. The van der Waals surface area contributed by atoms with E-state index in [-0.39, 0.29) is 6.04 Å². The fourth-order valence-electron chi connectivity index (χ4n) is 2.46. The Hall–Kier alpha value is -0.550. The largest absolute Gasteiger partial charge is 0.493 e. The standard InChI is InChI=1S/C15H12Br2ClNO/c16-10-4-9(5-12(18)6-10)14(19)13-7-11(17)3-8-1-2-20-15(8)13/h3-7,14H,1-2,19H2. The lowest BCUT2D eigenvalue weighted by Gasteiger charge is -2.17. The van der Waals surface area contributed by atoms with Gasteiger partial charge in [0.1, 0.15) is 5.75 Å². The first-order valence-electron chi connectivity index (χ1n) is 6.21. The maximum atomic E-state index is 6.42. The lowest BCUT2D eigenvalue weighted by molar-refractivity contribution is 0.352. The van der Waals surface area contributed by atoms with E-state index in [1.807, 2.05) is 24.3 Å². The van der Waals surface area contributed by atoms with Crippen LogP contribution < -0.4 is 10.5 Å². The molecule has 0 amide bonds. The molecule has 0 bridgehead atoms. The monoisotopic (exact) mass is 415 g/mol. The van der Waals surface area contributed by atoms with E-state index in [4.69, 9.17) is 22.1 Å². The number of rotatable bonds is 2. The molecule has 104 valence electrons. The predicted octanol–water partition coefficient (Wildman–Crippen LogP) is 4.85. The minimum Gasteiger partial charge on any atom is -0.493 e. The predicted molar refractivity (Wildman–Crippen MR) is 88.5 cm³/mol. The summed E-state index contributed by atoms with van der Waals surface area (Å²) in [7, 11) is 0. The highest BCUT2D eigenvalue weighted by Gasteiger charge is 2.22. The Morgan fingerprint density at radius 3 is 2.60 bits per heavy atom. The Balaban J connectivity index is 2.08. The SMILES string of the molecule is NC(c1cc(Cl)cc(Br)c1)c1cc(Br)cc2c1OCC2. The van der Waals surface area contributed by atoms with E-state index >= 15 is 0 Å². The molecule has 1 unspecified atom stereocenters. The van der Waals surface area contributed by atoms with Gasteiger partial charge in [0.05, 0.1) is 12.6 Å². The van der Waals surface area contributed by atoms with Crippen molar-refractivity contribution in [3.8, 4) is 5.75 Å². The van der Waals surface area contributed by atoms with Crippen LogP contribution in [0.1, 0.15) is 22.7 Å².